The predicted octanol–water partition coefficient (Wildman–Crippen LogP) is 3.56. The van der Waals surface area contributed by atoms with E-state index in [1.807, 2.05) is 18.2 Å². The fourth-order valence-electron chi connectivity index (χ4n) is 2.07. The molecule has 0 aliphatic heterocycles. The van der Waals surface area contributed by atoms with Crippen LogP contribution in [0.4, 0.5) is 0 Å². The Hall–Kier alpha value is -1.54. The molecule has 1 aromatic carbocycles. The molecule has 2 heteroatoms. The first kappa shape index (κ1) is 11.9. The molecule has 2 rings (SSSR count). The van der Waals surface area contributed by atoms with E-state index in [1.165, 1.54) is 5.56 Å². The fraction of sp³-hybridized carbons (Fsp3) is 0.333. The van der Waals surface area contributed by atoms with Crippen molar-refractivity contribution < 1.29 is 4.42 Å². The van der Waals surface area contributed by atoms with Crippen molar-refractivity contribution in [2.75, 3.05) is 0 Å². The van der Waals surface area contributed by atoms with Gasteiger partial charge in [-0.2, -0.15) is 0 Å². The van der Waals surface area contributed by atoms with Crippen molar-refractivity contribution in [2.45, 2.75) is 32.4 Å². The third-order valence-corrected chi connectivity index (χ3v) is 2.89. The molecule has 2 aromatic rings. The summed E-state index contributed by atoms with van der Waals surface area (Å²) in [4.78, 5) is 0. The van der Waals surface area contributed by atoms with Crippen molar-refractivity contribution in [1.82, 2.24) is 5.32 Å². The zero-order valence-electron chi connectivity index (χ0n) is 10.4. The van der Waals surface area contributed by atoms with Crippen LogP contribution in [0.25, 0.3) is 0 Å². The largest absolute Gasteiger partial charge is 0.468 e. The van der Waals surface area contributed by atoms with Gasteiger partial charge in [-0.3, -0.25) is 0 Å². The molecule has 1 N–H and O–H groups in total. The van der Waals surface area contributed by atoms with E-state index in [9.17, 15) is 0 Å². The van der Waals surface area contributed by atoms with Crippen LogP contribution in [0.5, 0.6) is 0 Å². The Balaban J connectivity index is 1.87. The summed E-state index contributed by atoms with van der Waals surface area (Å²) in [6.45, 7) is 4.33. The highest BCUT2D eigenvalue weighted by Crippen LogP contribution is 2.14. The third kappa shape index (κ3) is 3.46. The molecule has 0 saturated heterocycles. The van der Waals surface area contributed by atoms with Gasteiger partial charge in [0.05, 0.1) is 12.3 Å². The van der Waals surface area contributed by atoms with E-state index in [-0.39, 0.29) is 6.04 Å². The molecule has 0 spiro atoms. The second-order valence-corrected chi connectivity index (χ2v) is 4.49. The zero-order valence-corrected chi connectivity index (χ0v) is 10.4. The summed E-state index contributed by atoms with van der Waals surface area (Å²) < 4.78 is 5.38. The van der Waals surface area contributed by atoms with Crippen LogP contribution in [0.15, 0.2) is 53.1 Å². The Morgan fingerprint density at radius 2 is 1.82 bits per heavy atom. The molecule has 0 bridgehead atoms. The number of hydrogen-bond donors (Lipinski definition) is 1. The van der Waals surface area contributed by atoms with Gasteiger partial charge in [-0.15, -0.1) is 0 Å². The number of nitrogens with one attached hydrogen (secondary N) is 1. The second kappa shape index (κ2) is 5.69. The molecule has 1 unspecified atom stereocenters. The van der Waals surface area contributed by atoms with E-state index >= 15 is 0 Å². The summed E-state index contributed by atoms with van der Waals surface area (Å²) in [5.41, 5.74) is 1.36. The van der Waals surface area contributed by atoms with Crippen LogP contribution < -0.4 is 5.32 Å². The molecule has 2 atom stereocenters. The van der Waals surface area contributed by atoms with E-state index in [0.717, 1.165) is 12.2 Å². The highest BCUT2D eigenvalue weighted by molar-refractivity contribution is 5.16. The topological polar surface area (TPSA) is 25.2 Å². The average molecular weight is 229 g/mol. The molecule has 17 heavy (non-hydrogen) atoms. The summed E-state index contributed by atoms with van der Waals surface area (Å²) in [6, 6.07) is 15.2. The summed E-state index contributed by atoms with van der Waals surface area (Å²) in [5, 5.41) is 3.54. The van der Waals surface area contributed by atoms with E-state index in [1.54, 1.807) is 6.26 Å². The van der Waals surface area contributed by atoms with Gasteiger partial charge in [0.15, 0.2) is 0 Å². The minimum atomic E-state index is 0.253. The summed E-state index contributed by atoms with van der Waals surface area (Å²) >= 11 is 0. The standard InChI is InChI=1S/C15H19NO/c1-12(11-14-7-4-3-5-8-14)16-13(2)15-9-6-10-17-15/h3-10,12-13,16H,11H2,1-2H3/t12?,13-/m0/s1. The Labute approximate surface area is 103 Å². The van der Waals surface area contributed by atoms with E-state index in [2.05, 4.69) is 43.4 Å². The zero-order chi connectivity index (χ0) is 12.1. The number of hydrogen-bond acceptors (Lipinski definition) is 2. The smallest absolute Gasteiger partial charge is 0.120 e. The Morgan fingerprint density at radius 1 is 1.06 bits per heavy atom. The first-order valence-corrected chi connectivity index (χ1v) is 6.09. The molecular weight excluding hydrogens is 210 g/mol. The molecular formula is C15H19NO. The lowest BCUT2D eigenvalue weighted by atomic mass is 10.1. The number of benzene rings is 1. The Morgan fingerprint density at radius 3 is 2.47 bits per heavy atom. The summed E-state index contributed by atoms with van der Waals surface area (Å²) in [5.74, 6) is 0.991. The third-order valence-electron chi connectivity index (χ3n) is 2.89. The van der Waals surface area contributed by atoms with E-state index in [4.69, 9.17) is 4.42 Å². The monoisotopic (exact) mass is 229 g/mol. The SMILES string of the molecule is CC(Cc1ccccc1)N[C@@H](C)c1ccco1. The van der Waals surface area contributed by atoms with Crippen molar-refractivity contribution in [1.29, 1.82) is 0 Å². The first-order chi connectivity index (χ1) is 8.25. The lowest BCUT2D eigenvalue weighted by Crippen LogP contribution is -2.30. The maximum atomic E-state index is 5.38. The van der Waals surface area contributed by atoms with Gasteiger partial charge in [0.2, 0.25) is 0 Å². The molecule has 0 amide bonds. The average Bonchev–Trinajstić information content (AvgIpc) is 2.83. The van der Waals surface area contributed by atoms with Gasteiger partial charge < -0.3 is 9.73 Å². The van der Waals surface area contributed by atoms with Crippen molar-refractivity contribution in [3.63, 3.8) is 0 Å². The van der Waals surface area contributed by atoms with E-state index < -0.39 is 0 Å². The summed E-state index contributed by atoms with van der Waals surface area (Å²) in [6.07, 6.45) is 2.75. The Bertz CT molecular complexity index is 421. The number of furan rings is 1. The van der Waals surface area contributed by atoms with Crippen LogP contribution in [-0.2, 0) is 6.42 Å². The Kier molecular flexibility index (Phi) is 3.99. The van der Waals surface area contributed by atoms with Gasteiger partial charge in [-0.1, -0.05) is 30.3 Å². The normalized spacial score (nSPS) is 14.5. The molecule has 0 saturated carbocycles. The van der Waals surface area contributed by atoms with Crippen LogP contribution in [0.3, 0.4) is 0 Å². The van der Waals surface area contributed by atoms with Crippen molar-refractivity contribution in [2.24, 2.45) is 0 Å². The molecule has 0 radical (unpaired) electrons. The van der Waals surface area contributed by atoms with Gasteiger partial charge >= 0.3 is 0 Å². The molecule has 1 aromatic heterocycles. The van der Waals surface area contributed by atoms with Crippen molar-refractivity contribution in [3.8, 4) is 0 Å². The van der Waals surface area contributed by atoms with E-state index in [0.29, 0.717) is 6.04 Å². The first-order valence-electron chi connectivity index (χ1n) is 6.09. The molecule has 2 nitrogen and oxygen atoms in total. The lowest BCUT2D eigenvalue weighted by Gasteiger charge is -2.18. The van der Waals surface area contributed by atoms with Crippen LogP contribution in [0, 0.1) is 0 Å². The highest BCUT2D eigenvalue weighted by atomic mass is 16.3. The molecule has 0 aliphatic rings. The minimum Gasteiger partial charge on any atom is -0.468 e. The quantitative estimate of drug-likeness (QED) is 0.848. The molecule has 0 fully saturated rings. The second-order valence-electron chi connectivity index (χ2n) is 4.49. The fourth-order valence-corrected chi connectivity index (χ4v) is 2.07. The highest BCUT2D eigenvalue weighted by Gasteiger charge is 2.11. The van der Waals surface area contributed by atoms with Crippen LogP contribution in [0.1, 0.15) is 31.2 Å². The van der Waals surface area contributed by atoms with Crippen LogP contribution >= 0.6 is 0 Å². The molecule has 90 valence electrons. The van der Waals surface area contributed by atoms with Gasteiger partial charge in [-0.05, 0) is 38.0 Å². The van der Waals surface area contributed by atoms with Crippen molar-refractivity contribution in [3.05, 3.63) is 60.1 Å². The predicted molar refractivity (Wildman–Crippen MR) is 69.9 cm³/mol. The maximum Gasteiger partial charge on any atom is 0.120 e. The summed E-state index contributed by atoms with van der Waals surface area (Å²) in [7, 11) is 0. The number of rotatable bonds is 5. The molecule has 1 heterocycles. The van der Waals surface area contributed by atoms with Crippen LogP contribution in [-0.4, -0.2) is 6.04 Å². The minimum absolute atomic E-state index is 0.253. The lowest BCUT2D eigenvalue weighted by molar-refractivity contribution is 0.397. The van der Waals surface area contributed by atoms with Gasteiger partial charge in [0, 0.05) is 6.04 Å². The maximum absolute atomic E-state index is 5.38. The van der Waals surface area contributed by atoms with Gasteiger partial charge in [-0.25, -0.2) is 0 Å². The van der Waals surface area contributed by atoms with Gasteiger partial charge in [0.1, 0.15) is 5.76 Å². The van der Waals surface area contributed by atoms with Gasteiger partial charge in [0.25, 0.3) is 0 Å². The molecule has 0 aliphatic carbocycles. The van der Waals surface area contributed by atoms with Crippen molar-refractivity contribution >= 4 is 0 Å². The van der Waals surface area contributed by atoms with Crippen LogP contribution in [0.2, 0.25) is 0 Å².